The molecule has 0 radical (unpaired) electrons. The topological polar surface area (TPSA) is 164 Å². The molecule has 3 rings (SSSR count). The molecule has 2 aliphatic rings. The first kappa shape index (κ1) is 16.6. The van der Waals surface area contributed by atoms with Gasteiger partial charge in [-0.05, 0) is 6.07 Å². The Morgan fingerprint density at radius 2 is 2.29 bits per heavy atom. The highest BCUT2D eigenvalue weighted by atomic mass is 16.6. The molecule has 2 fully saturated rings. The number of aliphatic hydroxyl groups is 1. The third-order valence-corrected chi connectivity index (χ3v) is 4.19. The van der Waals surface area contributed by atoms with E-state index in [9.17, 15) is 14.7 Å². The second-order valence-corrected chi connectivity index (χ2v) is 5.63. The van der Waals surface area contributed by atoms with Crippen LogP contribution < -0.4 is 22.5 Å². The maximum atomic E-state index is 12.0. The minimum absolute atomic E-state index is 0.0603. The summed E-state index contributed by atoms with van der Waals surface area (Å²) < 4.78 is 17.8. The van der Waals surface area contributed by atoms with Crippen LogP contribution in [-0.4, -0.2) is 64.9 Å². The molecule has 1 aromatic rings. The summed E-state index contributed by atoms with van der Waals surface area (Å²) in [5, 5.41) is 13.0. The summed E-state index contributed by atoms with van der Waals surface area (Å²) in [6.07, 6.45) is -2.82. The number of fused-ring (bicyclic) bond motifs is 1. The number of anilines is 1. The van der Waals surface area contributed by atoms with Crippen LogP contribution in [0.2, 0.25) is 0 Å². The molecule has 2 saturated heterocycles. The largest absolute Gasteiger partial charge is 0.386 e. The second kappa shape index (κ2) is 6.36. The SMILES string of the molecule is CO[C@@H]1CO[C@H]2[C@@H](O)[C@H](n3ccc(N)nc3=O)O[C@@H]2[C@@H]1NC(N)=O. The van der Waals surface area contributed by atoms with E-state index in [4.69, 9.17) is 25.7 Å². The molecule has 6 N–H and O–H groups in total. The summed E-state index contributed by atoms with van der Waals surface area (Å²) >= 11 is 0. The Balaban J connectivity index is 1.90. The lowest BCUT2D eigenvalue weighted by molar-refractivity contribution is -0.145. The standard InChI is InChI=1S/C13H19N5O6/c1-22-5-4-23-10-8(19)11(18-3-2-6(14)16-13(18)21)24-9(10)7(5)17-12(15)20/h2-3,5,7-11,19H,4H2,1H3,(H2,14,16,21)(H3,15,17,20)/t5-,7-,8-,9-,10+,11-/m1/s1. The number of aromatic nitrogens is 2. The van der Waals surface area contributed by atoms with Crippen molar-refractivity contribution in [3.8, 4) is 0 Å². The van der Waals surface area contributed by atoms with Gasteiger partial charge in [-0.15, -0.1) is 0 Å². The average molecular weight is 341 g/mol. The van der Waals surface area contributed by atoms with Crippen LogP contribution in [0.3, 0.4) is 0 Å². The molecule has 0 bridgehead atoms. The quantitative estimate of drug-likeness (QED) is 0.470. The molecular formula is C13H19N5O6. The van der Waals surface area contributed by atoms with Crippen LogP contribution in [0.1, 0.15) is 6.23 Å². The minimum Gasteiger partial charge on any atom is -0.386 e. The number of methoxy groups -OCH3 is 1. The summed E-state index contributed by atoms with van der Waals surface area (Å²) in [5.74, 6) is 0.0603. The van der Waals surface area contributed by atoms with E-state index in [0.29, 0.717) is 0 Å². The molecule has 6 atom stereocenters. The van der Waals surface area contributed by atoms with Gasteiger partial charge in [0.1, 0.15) is 30.2 Å². The third-order valence-electron chi connectivity index (χ3n) is 4.19. The molecule has 0 aromatic carbocycles. The van der Waals surface area contributed by atoms with Gasteiger partial charge in [-0.3, -0.25) is 4.57 Å². The van der Waals surface area contributed by atoms with Gasteiger partial charge in [-0.25, -0.2) is 9.59 Å². The average Bonchev–Trinajstić information content (AvgIpc) is 2.85. The fourth-order valence-corrected chi connectivity index (χ4v) is 3.08. The molecule has 11 nitrogen and oxygen atoms in total. The van der Waals surface area contributed by atoms with Gasteiger partial charge in [-0.1, -0.05) is 0 Å². The number of urea groups is 1. The van der Waals surface area contributed by atoms with Gasteiger partial charge in [0.25, 0.3) is 0 Å². The molecule has 132 valence electrons. The minimum atomic E-state index is -1.15. The van der Waals surface area contributed by atoms with Crippen molar-refractivity contribution in [2.75, 3.05) is 19.5 Å². The molecule has 0 spiro atoms. The van der Waals surface area contributed by atoms with Crippen molar-refractivity contribution in [2.45, 2.75) is 36.7 Å². The first-order valence-corrected chi connectivity index (χ1v) is 7.31. The van der Waals surface area contributed by atoms with Gasteiger partial charge in [-0.2, -0.15) is 4.98 Å². The van der Waals surface area contributed by atoms with E-state index >= 15 is 0 Å². The third kappa shape index (κ3) is 2.82. The number of rotatable bonds is 3. The number of aliphatic hydroxyl groups excluding tert-OH is 1. The number of nitrogen functional groups attached to an aromatic ring is 1. The summed E-state index contributed by atoms with van der Waals surface area (Å²) in [6.45, 7) is 0.130. The van der Waals surface area contributed by atoms with Crippen molar-refractivity contribution >= 4 is 11.8 Å². The van der Waals surface area contributed by atoms with E-state index < -0.39 is 48.4 Å². The lowest BCUT2D eigenvalue weighted by atomic mass is 9.95. The fourth-order valence-electron chi connectivity index (χ4n) is 3.08. The highest BCUT2D eigenvalue weighted by Gasteiger charge is 2.54. The van der Waals surface area contributed by atoms with E-state index in [1.54, 1.807) is 0 Å². The molecule has 0 aliphatic carbocycles. The first-order valence-electron chi connectivity index (χ1n) is 7.31. The van der Waals surface area contributed by atoms with Gasteiger partial charge < -0.3 is 36.1 Å². The lowest BCUT2D eigenvalue weighted by Gasteiger charge is -2.38. The van der Waals surface area contributed by atoms with Gasteiger partial charge in [0, 0.05) is 13.3 Å². The second-order valence-electron chi connectivity index (χ2n) is 5.63. The lowest BCUT2D eigenvalue weighted by Crippen LogP contribution is -2.62. The number of nitrogens with one attached hydrogen (secondary N) is 1. The van der Waals surface area contributed by atoms with E-state index in [1.807, 2.05) is 0 Å². The Bertz CT molecular complexity index is 681. The summed E-state index contributed by atoms with van der Waals surface area (Å²) in [4.78, 5) is 26.9. The molecule has 3 heterocycles. The molecule has 11 heteroatoms. The Morgan fingerprint density at radius 1 is 1.54 bits per heavy atom. The maximum absolute atomic E-state index is 12.0. The molecule has 24 heavy (non-hydrogen) atoms. The molecule has 2 aliphatic heterocycles. The molecule has 1 aromatic heterocycles. The number of ether oxygens (including phenoxy) is 3. The van der Waals surface area contributed by atoms with Gasteiger partial charge in [0.15, 0.2) is 6.23 Å². The first-order chi connectivity index (χ1) is 11.4. The fraction of sp³-hybridized carbons (Fsp3) is 0.615. The number of hydrogen-bond donors (Lipinski definition) is 4. The van der Waals surface area contributed by atoms with Crippen LogP contribution in [-0.2, 0) is 14.2 Å². The van der Waals surface area contributed by atoms with Crippen molar-refractivity contribution in [1.82, 2.24) is 14.9 Å². The van der Waals surface area contributed by atoms with E-state index in [-0.39, 0.29) is 12.4 Å². The van der Waals surface area contributed by atoms with Crippen LogP contribution in [0.5, 0.6) is 0 Å². The summed E-state index contributed by atoms with van der Waals surface area (Å²) in [7, 11) is 1.46. The van der Waals surface area contributed by atoms with Crippen molar-refractivity contribution in [1.29, 1.82) is 0 Å². The van der Waals surface area contributed by atoms with Gasteiger partial charge in [0.05, 0.1) is 12.6 Å². The Hall–Kier alpha value is -2.21. The monoisotopic (exact) mass is 341 g/mol. The zero-order chi connectivity index (χ0) is 17.4. The number of hydrogen-bond acceptors (Lipinski definition) is 8. The zero-order valence-corrected chi connectivity index (χ0v) is 12.9. The molecule has 0 unspecified atom stereocenters. The Kier molecular flexibility index (Phi) is 4.41. The smallest absolute Gasteiger partial charge is 0.351 e. The number of primary amides is 1. The Labute approximate surface area is 136 Å². The van der Waals surface area contributed by atoms with Crippen molar-refractivity contribution in [2.24, 2.45) is 5.73 Å². The molecule has 2 amide bonds. The van der Waals surface area contributed by atoms with Crippen LogP contribution in [0, 0.1) is 0 Å². The Morgan fingerprint density at radius 3 is 2.92 bits per heavy atom. The van der Waals surface area contributed by atoms with Crippen molar-refractivity contribution in [3.63, 3.8) is 0 Å². The van der Waals surface area contributed by atoms with E-state index in [0.717, 1.165) is 4.57 Å². The number of amides is 2. The molecule has 0 saturated carbocycles. The predicted octanol–water partition coefficient (Wildman–Crippen LogP) is -2.47. The van der Waals surface area contributed by atoms with E-state index in [2.05, 4.69) is 10.3 Å². The van der Waals surface area contributed by atoms with Crippen molar-refractivity contribution < 1.29 is 24.1 Å². The number of carbonyl (C=O) groups is 1. The van der Waals surface area contributed by atoms with Crippen LogP contribution in [0.4, 0.5) is 10.6 Å². The number of nitrogens with two attached hydrogens (primary N) is 2. The normalized spacial score (nSPS) is 35.4. The molecular weight excluding hydrogens is 322 g/mol. The summed E-state index contributed by atoms with van der Waals surface area (Å²) in [5.41, 5.74) is 9.99. The zero-order valence-electron chi connectivity index (χ0n) is 12.9. The van der Waals surface area contributed by atoms with Gasteiger partial charge >= 0.3 is 11.7 Å². The van der Waals surface area contributed by atoms with E-state index in [1.165, 1.54) is 19.4 Å². The van der Waals surface area contributed by atoms with Crippen molar-refractivity contribution in [3.05, 3.63) is 22.7 Å². The van der Waals surface area contributed by atoms with Crippen LogP contribution >= 0.6 is 0 Å². The van der Waals surface area contributed by atoms with Crippen LogP contribution in [0.25, 0.3) is 0 Å². The number of carbonyl (C=O) groups excluding carboxylic acids is 1. The van der Waals surface area contributed by atoms with Crippen LogP contribution in [0.15, 0.2) is 17.1 Å². The highest BCUT2D eigenvalue weighted by Crippen LogP contribution is 2.36. The maximum Gasteiger partial charge on any atom is 0.351 e. The van der Waals surface area contributed by atoms with Gasteiger partial charge in [0.2, 0.25) is 0 Å². The number of nitrogens with zero attached hydrogens (tertiary/aromatic N) is 2. The summed E-state index contributed by atoms with van der Waals surface area (Å²) in [6, 6.07) is 0.0242. The predicted molar refractivity (Wildman–Crippen MR) is 79.9 cm³/mol. The highest BCUT2D eigenvalue weighted by molar-refractivity contribution is 5.72.